The summed E-state index contributed by atoms with van der Waals surface area (Å²) in [6.45, 7) is 1.57. The van der Waals surface area contributed by atoms with Crippen molar-refractivity contribution in [3.63, 3.8) is 0 Å². The highest BCUT2D eigenvalue weighted by atomic mass is 79.9. The van der Waals surface area contributed by atoms with Gasteiger partial charge in [-0.25, -0.2) is 17.8 Å². The molecule has 1 heterocycles. The fourth-order valence-corrected chi connectivity index (χ4v) is 3.47. The second kappa shape index (κ2) is 6.52. The van der Waals surface area contributed by atoms with E-state index >= 15 is 0 Å². The van der Waals surface area contributed by atoms with Crippen molar-refractivity contribution in [3.05, 3.63) is 58.1 Å². The van der Waals surface area contributed by atoms with Crippen molar-refractivity contribution in [1.82, 2.24) is 9.97 Å². The van der Waals surface area contributed by atoms with Crippen LogP contribution in [0.5, 0.6) is 0 Å². The van der Waals surface area contributed by atoms with Crippen LogP contribution in [0.4, 0.5) is 10.1 Å². The first kappa shape index (κ1) is 16.9. The molecule has 3 aromatic rings. The standard InChI is InChI=1S/C16H15BrFN3O2S/c1-2-24(22,23)21-14-9-11(17)8-13-16(14)20-15(19-13)7-10-4-3-5-12(18)6-10/h3-6,8-9,21H,2,7H2,1H3,(H,19,20). The van der Waals surface area contributed by atoms with Crippen molar-refractivity contribution >= 4 is 42.7 Å². The fraction of sp³-hybridized carbons (Fsp3) is 0.188. The lowest BCUT2D eigenvalue weighted by Crippen LogP contribution is -2.14. The average molecular weight is 412 g/mol. The normalized spacial score (nSPS) is 11.8. The number of sulfonamides is 1. The van der Waals surface area contributed by atoms with Gasteiger partial charge in [0.15, 0.2) is 0 Å². The third-order valence-electron chi connectivity index (χ3n) is 3.51. The number of rotatable bonds is 5. The molecule has 1 aromatic heterocycles. The highest BCUT2D eigenvalue weighted by Crippen LogP contribution is 2.28. The molecule has 0 radical (unpaired) electrons. The molecular weight excluding hydrogens is 397 g/mol. The molecule has 0 aliphatic carbocycles. The molecule has 126 valence electrons. The van der Waals surface area contributed by atoms with E-state index in [1.807, 2.05) is 12.1 Å². The minimum absolute atomic E-state index is 0.0262. The van der Waals surface area contributed by atoms with E-state index in [0.717, 1.165) is 10.0 Å². The van der Waals surface area contributed by atoms with Crippen molar-refractivity contribution in [2.75, 3.05) is 10.5 Å². The lowest BCUT2D eigenvalue weighted by molar-refractivity contribution is 0.602. The highest BCUT2D eigenvalue weighted by molar-refractivity contribution is 9.10. The van der Waals surface area contributed by atoms with Crippen molar-refractivity contribution in [2.45, 2.75) is 13.3 Å². The predicted octanol–water partition coefficient (Wildman–Crippen LogP) is 3.82. The minimum Gasteiger partial charge on any atom is -0.342 e. The van der Waals surface area contributed by atoms with E-state index in [4.69, 9.17) is 0 Å². The molecule has 5 nitrogen and oxygen atoms in total. The van der Waals surface area contributed by atoms with Gasteiger partial charge in [-0.05, 0) is 36.8 Å². The summed E-state index contributed by atoms with van der Waals surface area (Å²) in [7, 11) is -3.41. The van der Waals surface area contributed by atoms with Gasteiger partial charge in [-0.2, -0.15) is 0 Å². The van der Waals surface area contributed by atoms with Crippen LogP contribution in [0.1, 0.15) is 18.3 Å². The Bertz CT molecular complexity index is 1000. The van der Waals surface area contributed by atoms with Crippen LogP contribution in [-0.2, 0) is 16.4 Å². The zero-order chi connectivity index (χ0) is 17.3. The Morgan fingerprint density at radius 1 is 1.29 bits per heavy atom. The Hall–Kier alpha value is -1.93. The van der Waals surface area contributed by atoms with Gasteiger partial charge in [0.25, 0.3) is 0 Å². The van der Waals surface area contributed by atoms with Crippen LogP contribution in [0.2, 0.25) is 0 Å². The summed E-state index contributed by atoms with van der Waals surface area (Å²) in [6.07, 6.45) is 0.421. The van der Waals surface area contributed by atoms with Crippen LogP contribution in [0.25, 0.3) is 11.0 Å². The molecule has 0 bridgehead atoms. The van der Waals surface area contributed by atoms with E-state index in [0.29, 0.717) is 29.0 Å². The molecule has 0 spiro atoms. The van der Waals surface area contributed by atoms with Gasteiger partial charge in [0.2, 0.25) is 10.0 Å². The molecule has 0 fully saturated rings. The molecule has 3 rings (SSSR count). The smallest absolute Gasteiger partial charge is 0.232 e. The van der Waals surface area contributed by atoms with Gasteiger partial charge in [-0.15, -0.1) is 0 Å². The first-order valence-electron chi connectivity index (χ1n) is 7.29. The molecule has 2 aromatic carbocycles. The molecule has 0 atom stereocenters. The van der Waals surface area contributed by atoms with Crippen LogP contribution in [0.3, 0.4) is 0 Å². The molecule has 0 saturated heterocycles. The molecular formula is C16H15BrFN3O2S. The van der Waals surface area contributed by atoms with Crippen molar-refractivity contribution in [3.8, 4) is 0 Å². The molecule has 24 heavy (non-hydrogen) atoms. The number of benzene rings is 2. The Labute approximate surface area is 147 Å². The summed E-state index contributed by atoms with van der Waals surface area (Å²) >= 11 is 3.37. The summed E-state index contributed by atoms with van der Waals surface area (Å²) in [6, 6.07) is 9.78. The number of aromatic amines is 1. The predicted molar refractivity (Wildman–Crippen MR) is 96.1 cm³/mol. The van der Waals surface area contributed by atoms with E-state index in [1.54, 1.807) is 19.1 Å². The fourth-order valence-electron chi connectivity index (χ4n) is 2.37. The van der Waals surface area contributed by atoms with E-state index in [9.17, 15) is 12.8 Å². The van der Waals surface area contributed by atoms with Crippen LogP contribution in [0.15, 0.2) is 40.9 Å². The van der Waals surface area contributed by atoms with Gasteiger partial charge in [-0.1, -0.05) is 28.1 Å². The molecule has 2 N–H and O–H groups in total. The number of nitrogens with one attached hydrogen (secondary N) is 2. The zero-order valence-corrected chi connectivity index (χ0v) is 15.2. The molecule has 0 aliphatic rings. The average Bonchev–Trinajstić information content (AvgIpc) is 2.89. The maximum Gasteiger partial charge on any atom is 0.232 e. The Balaban J connectivity index is 2.01. The zero-order valence-electron chi connectivity index (χ0n) is 12.8. The van der Waals surface area contributed by atoms with Gasteiger partial charge in [-0.3, -0.25) is 4.72 Å². The maximum absolute atomic E-state index is 13.3. The van der Waals surface area contributed by atoms with E-state index in [-0.39, 0.29) is 11.6 Å². The molecule has 8 heteroatoms. The quantitative estimate of drug-likeness (QED) is 0.669. The second-order valence-electron chi connectivity index (χ2n) is 5.35. The summed E-state index contributed by atoms with van der Waals surface area (Å²) in [4.78, 5) is 7.62. The largest absolute Gasteiger partial charge is 0.342 e. The van der Waals surface area contributed by atoms with Crippen LogP contribution in [-0.4, -0.2) is 24.1 Å². The molecule has 0 amide bonds. The van der Waals surface area contributed by atoms with Gasteiger partial charge in [0, 0.05) is 10.9 Å². The number of H-pyrrole nitrogens is 1. The first-order valence-corrected chi connectivity index (χ1v) is 9.74. The first-order chi connectivity index (χ1) is 11.4. The SMILES string of the molecule is CCS(=O)(=O)Nc1cc(Br)cc2[nH]c(Cc3cccc(F)c3)nc12. The highest BCUT2D eigenvalue weighted by Gasteiger charge is 2.14. The monoisotopic (exact) mass is 411 g/mol. The maximum atomic E-state index is 13.3. The van der Waals surface area contributed by atoms with Crippen molar-refractivity contribution in [1.29, 1.82) is 0 Å². The summed E-state index contributed by atoms with van der Waals surface area (Å²) in [5.74, 6) is 0.301. The number of nitrogens with zero attached hydrogens (tertiary/aromatic N) is 1. The van der Waals surface area contributed by atoms with Crippen LogP contribution < -0.4 is 4.72 Å². The van der Waals surface area contributed by atoms with Gasteiger partial charge >= 0.3 is 0 Å². The number of hydrogen-bond acceptors (Lipinski definition) is 3. The van der Waals surface area contributed by atoms with E-state index in [2.05, 4.69) is 30.6 Å². The Morgan fingerprint density at radius 2 is 2.08 bits per heavy atom. The van der Waals surface area contributed by atoms with Gasteiger partial charge < -0.3 is 4.98 Å². The van der Waals surface area contributed by atoms with Gasteiger partial charge in [0.1, 0.15) is 17.2 Å². The number of hydrogen-bond donors (Lipinski definition) is 2. The van der Waals surface area contributed by atoms with Crippen LogP contribution in [0, 0.1) is 5.82 Å². The Morgan fingerprint density at radius 3 is 2.79 bits per heavy atom. The van der Waals surface area contributed by atoms with Crippen molar-refractivity contribution < 1.29 is 12.8 Å². The third-order valence-corrected chi connectivity index (χ3v) is 5.26. The third kappa shape index (κ3) is 3.76. The number of fused-ring (bicyclic) bond motifs is 1. The summed E-state index contributed by atoms with van der Waals surface area (Å²) in [5.41, 5.74) is 2.41. The molecule has 0 aliphatic heterocycles. The van der Waals surface area contributed by atoms with Crippen LogP contribution >= 0.6 is 15.9 Å². The number of halogens is 2. The van der Waals surface area contributed by atoms with E-state index < -0.39 is 10.0 Å². The summed E-state index contributed by atoms with van der Waals surface area (Å²) < 4.78 is 40.3. The number of imidazole rings is 1. The summed E-state index contributed by atoms with van der Waals surface area (Å²) in [5, 5.41) is 0. The molecule has 0 unspecified atom stereocenters. The lowest BCUT2D eigenvalue weighted by Gasteiger charge is -2.07. The lowest BCUT2D eigenvalue weighted by atomic mass is 10.1. The van der Waals surface area contributed by atoms with E-state index in [1.165, 1.54) is 12.1 Å². The second-order valence-corrected chi connectivity index (χ2v) is 8.27. The topological polar surface area (TPSA) is 74.8 Å². The number of aromatic nitrogens is 2. The number of anilines is 1. The Kier molecular flexibility index (Phi) is 4.60. The van der Waals surface area contributed by atoms with Crippen molar-refractivity contribution in [2.24, 2.45) is 0 Å². The minimum atomic E-state index is -3.41. The molecule has 0 saturated carbocycles. The van der Waals surface area contributed by atoms with Gasteiger partial charge in [0.05, 0.1) is 17.0 Å².